The maximum absolute atomic E-state index is 12.7. The number of aromatic nitrogens is 1. The highest BCUT2D eigenvalue weighted by molar-refractivity contribution is 7.10. The van der Waals surface area contributed by atoms with Crippen molar-refractivity contribution in [3.05, 3.63) is 51.7 Å². The van der Waals surface area contributed by atoms with Gasteiger partial charge in [0, 0.05) is 18.1 Å². The number of hydrogen-bond acceptors (Lipinski definition) is 3. The molecule has 94 valence electrons. The molecule has 2 aromatic rings. The monoisotopic (exact) mass is 264 g/mol. The van der Waals surface area contributed by atoms with Crippen molar-refractivity contribution in [2.24, 2.45) is 0 Å². The van der Waals surface area contributed by atoms with E-state index in [1.165, 1.54) is 23.9 Å². The minimum absolute atomic E-state index is 0.157. The van der Waals surface area contributed by atoms with Gasteiger partial charge in [-0.3, -0.25) is 4.79 Å². The number of carbonyl (C=O) groups excluding carboxylic acids is 1. The molecule has 0 aromatic carbocycles. The van der Waals surface area contributed by atoms with Crippen LogP contribution in [0.15, 0.2) is 29.8 Å². The molecule has 2 rings (SSSR count). The molecule has 0 saturated carbocycles. The molecular weight excluding hydrogens is 251 g/mol. The molecule has 18 heavy (non-hydrogen) atoms. The highest BCUT2D eigenvalue weighted by Crippen LogP contribution is 2.18. The van der Waals surface area contributed by atoms with Gasteiger partial charge in [-0.2, -0.15) is 4.39 Å². The van der Waals surface area contributed by atoms with Crippen LogP contribution in [0.1, 0.15) is 20.8 Å². The van der Waals surface area contributed by atoms with E-state index in [4.69, 9.17) is 0 Å². The van der Waals surface area contributed by atoms with Crippen LogP contribution in [0.25, 0.3) is 0 Å². The van der Waals surface area contributed by atoms with Gasteiger partial charge in [0.05, 0.1) is 12.1 Å². The lowest BCUT2D eigenvalue weighted by Crippen LogP contribution is -2.26. The largest absolute Gasteiger partial charge is 0.337 e. The van der Waals surface area contributed by atoms with Crippen molar-refractivity contribution in [1.82, 2.24) is 9.88 Å². The van der Waals surface area contributed by atoms with E-state index in [0.717, 1.165) is 4.88 Å². The Morgan fingerprint density at radius 2 is 2.22 bits per heavy atom. The summed E-state index contributed by atoms with van der Waals surface area (Å²) in [5.74, 6) is -0.737. The summed E-state index contributed by atoms with van der Waals surface area (Å²) < 4.78 is 12.7. The number of amides is 1. The van der Waals surface area contributed by atoms with Gasteiger partial charge in [0.1, 0.15) is 0 Å². The third-order valence-electron chi connectivity index (χ3n) is 2.67. The first kappa shape index (κ1) is 12.7. The van der Waals surface area contributed by atoms with E-state index in [-0.39, 0.29) is 5.91 Å². The Kier molecular flexibility index (Phi) is 3.72. The average Bonchev–Trinajstić information content (AvgIpc) is 2.75. The Morgan fingerprint density at radius 1 is 1.44 bits per heavy atom. The fourth-order valence-electron chi connectivity index (χ4n) is 1.58. The van der Waals surface area contributed by atoms with Gasteiger partial charge in [0.25, 0.3) is 5.91 Å². The molecule has 0 aliphatic carbocycles. The van der Waals surface area contributed by atoms with Crippen LogP contribution in [0.5, 0.6) is 0 Å². The van der Waals surface area contributed by atoms with Crippen molar-refractivity contribution < 1.29 is 9.18 Å². The highest BCUT2D eigenvalue weighted by Gasteiger charge is 2.13. The number of rotatable bonds is 3. The quantitative estimate of drug-likeness (QED) is 0.799. The molecule has 0 atom stereocenters. The zero-order valence-corrected chi connectivity index (χ0v) is 11.0. The number of pyridine rings is 1. The molecule has 0 unspecified atom stereocenters. The van der Waals surface area contributed by atoms with Crippen LogP contribution in [-0.2, 0) is 6.54 Å². The smallest absolute Gasteiger partial charge is 0.255 e. The summed E-state index contributed by atoms with van der Waals surface area (Å²) in [5.41, 5.74) is 1.57. The first-order valence-corrected chi connectivity index (χ1v) is 6.36. The lowest BCUT2D eigenvalue weighted by atomic mass is 10.2. The third-order valence-corrected chi connectivity index (χ3v) is 3.68. The summed E-state index contributed by atoms with van der Waals surface area (Å²) in [6, 6.07) is 4.66. The number of nitrogens with zero attached hydrogens (tertiary/aromatic N) is 2. The molecule has 0 fully saturated rings. The summed E-state index contributed by atoms with van der Waals surface area (Å²) in [5, 5.41) is 2.00. The van der Waals surface area contributed by atoms with E-state index in [0.29, 0.717) is 12.1 Å². The molecular formula is C13H13FN2OS. The Labute approximate surface area is 109 Å². The highest BCUT2D eigenvalue weighted by atomic mass is 32.1. The van der Waals surface area contributed by atoms with Crippen LogP contribution < -0.4 is 0 Å². The normalized spacial score (nSPS) is 10.4. The van der Waals surface area contributed by atoms with Gasteiger partial charge in [-0.25, -0.2) is 4.98 Å². The second-order valence-corrected chi connectivity index (χ2v) is 5.06. The third kappa shape index (κ3) is 2.73. The Hall–Kier alpha value is -1.75. The van der Waals surface area contributed by atoms with E-state index < -0.39 is 5.95 Å². The maximum Gasteiger partial charge on any atom is 0.255 e. The molecule has 3 nitrogen and oxygen atoms in total. The maximum atomic E-state index is 12.7. The van der Waals surface area contributed by atoms with Gasteiger partial charge in [-0.15, -0.1) is 11.3 Å². The summed E-state index contributed by atoms with van der Waals surface area (Å²) >= 11 is 1.62. The molecule has 5 heteroatoms. The van der Waals surface area contributed by atoms with Crippen molar-refractivity contribution in [2.75, 3.05) is 7.05 Å². The molecule has 1 amide bonds. The molecule has 0 N–H and O–H groups in total. The summed E-state index contributed by atoms with van der Waals surface area (Å²) in [6.07, 6.45) is 1.26. The van der Waals surface area contributed by atoms with Crippen LogP contribution in [0.4, 0.5) is 4.39 Å². The summed E-state index contributed by atoms with van der Waals surface area (Å²) in [7, 11) is 1.73. The number of thiophene rings is 1. The molecule has 0 spiro atoms. The van der Waals surface area contributed by atoms with Crippen molar-refractivity contribution in [3.8, 4) is 0 Å². The first-order valence-electron chi connectivity index (χ1n) is 5.48. The zero-order chi connectivity index (χ0) is 13.1. The second kappa shape index (κ2) is 5.27. The number of aryl methyl sites for hydroxylation is 1. The van der Waals surface area contributed by atoms with Gasteiger partial charge in [0.15, 0.2) is 0 Å². The van der Waals surface area contributed by atoms with Gasteiger partial charge < -0.3 is 4.90 Å². The predicted molar refractivity (Wildman–Crippen MR) is 69.0 cm³/mol. The molecule has 0 radical (unpaired) electrons. The molecule has 2 heterocycles. The lowest BCUT2D eigenvalue weighted by molar-refractivity contribution is 0.0786. The van der Waals surface area contributed by atoms with Crippen molar-refractivity contribution >= 4 is 17.2 Å². The Morgan fingerprint density at radius 3 is 2.78 bits per heavy atom. The van der Waals surface area contributed by atoms with Crippen LogP contribution in [0.3, 0.4) is 0 Å². The van der Waals surface area contributed by atoms with E-state index >= 15 is 0 Å². The van der Waals surface area contributed by atoms with Gasteiger partial charge in [0.2, 0.25) is 5.95 Å². The van der Waals surface area contributed by atoms with Gasteiger partial charge in [-0.05, 0) is 36.1 Å². The molecule has 2 aromatic heterocycles. The van der Waals surface area contributed by atoms with Crippen LogP contribution in [-0.4, -0.2) is 22.8 Å². The Balaban J connectivity index is 2.09. The second-order valence-electron chi connectivity index (χ2n) is 4.06. The first-order chi connectivity index (χ1) is 8.58. The Bertz CT molecular complexity index is 550. The number of carbonyl (C=O) groups is 1. The average molecular weight is 264 g/mol. The van der Waals surface area contributed by atoms with E-state index in [2.05, 4.69) is 4.98 Å². The van der Waals surface area contributed by atoms with Crippen LogP contribution in [0, 0.1) is 12.9 Å². The van der Waals surface area contributed by atoms with Crippen molar-refractivity contribution in [1.29, 1.82) is 0 Å². The molecule has 0 saturated heterocycles. The van der Waals surface area contributed by atoms with E-state index in [1.807, 2.05) is 18.4 Å². The van der Waals surface area contributed by atoms with Gasteiger partial charge in [-0.1, -0.05) is 0 Å². The summed E-state index contributed by atoms with van der Waals surface area (Å²) in [4.78, 5) is 18.3. The van der Waals surface area contributed by atoms with E-state index in [9.17, 15) is 9.18 Å². The topological polar surface area (TPSA) is 33.2 Å². The fraction of sp³-hybridized carbons (Fsp3) is 0.231. The standard InChI is InChI=1S/C13H13FN2OS/c1-9-5-6-18-11(9)8-16(2)13(17)10-3-4-12(14)15-7-10/h3-7H,8H2,1-2H3. The lowest BCUT2D eigenvalue weighted by Gasteiger charge is -2.16. The summed E-state index contributed by atoms with van der Waals surface area (Å²) in [6.45, 7) is 2.57. The molecule has 0 aliphatic heterocycles. The van der Waals surface area contributed by atoms with Crippen LogP contribution in [0.2, 0.25) is 0 Å². The van der Waals surface area contributed by atoms with Gasteiger partial charge >= 0.3 is 0 Å². The fourth-order valence-corrected chi connectivity index (χ4v) is 2.53. The number of halogens is 1. The predicted octanol–water partition coefficient (Wildman–Crippen LogP) is 2.86. The van der Waals surface area contributed by atoms with E-state index in [1.54, 1.807) is 23.3 Å². The van der Waals surface area contributed by atoms with Crippen molar-refractivity contribution in [3.63, 3.8) is 0 Å². The minimum atomic E-state index is -0.580. The van der Waals surface area contributed by atoms with Crippen LogP contribution >= 0.6 is 11.3 Å². The van der Waals surface area contributed by atoms with Crippen molar-refractivity contribution in [2.45, 2.75) is 13.5 Å². The zero-order valence-electron chi connectivity index (χ0n) is 10.2. The molecule has 0 aliphatic rings. The number of hydrogen-bond donors (Lipinski definition) is 0. The molecule has 0 bridgehead atoms. The minimum Gasteiger partial charge on any atom is -0.337 e. The SMILES string of the molecule is Cc1ccsc1CN(C)C(=O)c1ccc(F)nc1.